The predicted octanol–water partition coefficient (Wildman–Crippen LogP) is 1.95. The summed E-state index contributed by atoms with van der Waals surface area (Å²) in [6.45, 7) is 5.01. The molecule has 0 heterocycles. The molecule has 0 amide bonds. The summed E-state index contributed by atoms with van der Waals surface area (Å²) in [5.74, 6) is 1.86. The van der Waals surface area contributed by atoms with Crippen LogP contribution >= 0.6 is 8.50 Å². The summed E-state index contributed by atoms with van der Waals surface area (Å²) in [6.07, 6.45) is 7.07. The molecule has 0 aromatic carbocycles. The van der Waals surface area contributed by atoms with Crippen LogP contribution in [0.1, 0.15) is 32.1 Å². The van der Waals surface area contributed by atoms with Crippen LogP contribution in [0.3, 0.4) is 0 Å². The maximum atomic E-state index is 3.91. The first-order valence-electron chi connectivity index (χ1n) is 4.84. The zero-order valence-electron chi connectivity index (χ0n) is 7.94. The molecule has 0 aromatic heterocycles. The standard InChI is InChI=1S/C9H17N2S.Pb/c1-8(11-12)10-7-9-5-3-2-4-6-9;/h9-11H,1-7H2;/q-1;+1. The second-order valence-corrected chi connectivity index (χ2v) is 6.36. The molecular formula is C9H17N2PbS. The Bertz CT molecular complexity index is 158. The molecule has 3 radical (unpaired) electrons. The average Bonchev–Trinajstić information content (AvgIpc) is 2.17. The summed E-state index contributed by atoms with van der Waals surface area (Å²) in [5.41, 5.74) is 0. The van der Waals surface area contributed by atoms with E-state index in [1.165, 1.54) is 32.1 Å². The van der Waals surface area contributed by atoms with Crippen molar-refractivity contribution < 1.29 is 0 Å². The van der Waals surface area contributed by atoms with Crippen LogP contribution in [0, 0.1) is 5.92 Å². The molecule has 0 bridgehead atoms. The van der Waals surface area contributed by atoms with Gasteiger partial charge in [0.2, 0.25) is 0 Å². The van der Waals surface area contributed by atoms with Crippen molar-refractivity contribution >= 4 is 32.8 Å². The van der Waals surface area contributed by atoms with E-state index in [0.717, 1.165) is 42.5 Å². The third kappa shape index (κ3) is 5.15. The molecule has 0 unspecified atom stereocenters. The van der Waals surface area contributed by atoms with Gasteiger partial charge in [-0.2, -0.15) is 0 Å². The Kier molecular flexibility index (Phi) is 6.27. The van der Waals surface area contributed by atoms with Crippen LogP contribution in [-0.2, 0) is 0 Å². The van der Waals surface area contributed by atoms with E-state index in [0.29, 0.717) is 0 Å². The van der Waals surface area contributed by atoms with Crippen molar-refractivity contribution in [2.75, 3.05) is 6.54 Å². The first-order valence-corrected chi connectivity index (χ1v) is 10.4. The van der Waals surface area contributed by atoms with Gasteiger partial charge < -0.3 is 0 Å². The Morgan fingerprint density at radius 3 is 2.69 bits per heavy atom. The fourth-order valence-corrected chi connectivity index (χ4v) is 3.39. The maximum absolute atomic E-state index is 3.91. The van der Waals surface area contributed by atoms with Crippen molar-refractivity contribution in [2.24, 2.45) is 5.92 Å². The Hall–Kier alpha value is 0.612. The molecule has 0 spiro atoms. The van der Waals surface area contributed by atoms with E-state index in [1.54, 1.807) is 8.50 Å². The van der Waals surface area contributed by atoms with Gasteiger partial charge in [-0.25, -0.2) is 0 Å². The molecule has 4 heteroatoms. The van der Waals surface area contributed by atoms with E-state index in [4.69, 9.17) is 0 Å². The van der Waals surface area contributed by atoms with Crippen molar-refractivity contribution in [2.45, 2.75) is 32.1 Å². The van der Waals surface area contributed by atoms with Gasteiger partial charge in [-0.3, -0.25) is 0 Å². The molecule has 1 aliphatic rings. The second kappa shape index (κ2) is 6.98. The summed E-state index contributed by atoms with van der Waals surface area (Å²) >= 11 is 1.11. The predicted molar refractivity (Wildman–Crippen MR) is 60.2 cm³/mol. The minimum atomic E-state index is 0.881. The fourth-order valence-electron chi connectivity index (χ4n) is 1.76. The molecule has 1 rings (SSSR count). The van der Waals surface area contributed by atoms with Crippen LogP contribution in [0.25, 0.3) is 0 Å². The van der Waals surface area contributed by atoms with Crippen molar-refractivity contribution in [3.8, 4) is 0 Å². The minimum absolute atomic E-state index is 0.881. The van der Waals surface area contributed by atoms with Crippen molar-refractivity contribution in [3.05, 3.63) is 12.4 Å². The van der Waals surface area contributed by atoms with E-state index in [9.17, 15) is 0 Å². The Labute approximate surface area is 99.3 Å². The molecule has 13 heavy (non-hydrogen) atoms. The molecule has 0 saturated heterocycles. The second-order valence-electron chi connectivity index (χ2n) is 3.57. The van der Waals surface area contributed by atoms with Crippen molar-refractivity contribution in [1.82, 2.24) is 10.0 Å². The van der Waals surface area contributed by atoms with Gasteiger partial charge in [-0.1, -0.05) is 0 Å². The van der Waals surface area contributed by atoms with Crippen LogP contribution < -0.4 is 10.0 Å². The Morgan fingerprint density at radius 1 is 1.38 bits per heavy atom. The van der Waals surface area contributed by atoms with E-state index in [2.05, 4.69) is 16.6 Å². The zero-order chi connectivity index (χ0) is 9.52. The first-order chi connectivity index (χ1) is 6.33. The SMILES string of the molecule is C=C(NCC1CCCCC1)N[S][Pb]. The van der Waals surface area contributed by atoms with Gasteiger partial charge in [0.15, 0.2) is 0 Å². The van der Waals surface area contributed by atoms with E-state index >= 15 is 0 Å². The molecule has 1 saturated carbocycles. The first kappa shape index (κ1) is 11.7. The van der Waals surface area contributed by atoms with Gasteiger partial charge in [0, 0.05) is 0 Å². The molecule has 0 aromatic rings. The summed E-state index contributed by atoms with van der Waals surface area (Å²) in [6, 6.07) is 0. The quantitative estimate of drug-likeness (QED) is 0.553. The van der Waals surface area contributed by atoms with Crippen LogP contribution in [0.5, 0.6) is 0 Å². The third-order valence-electron chi connectivity index (χ3n) is 2.50. The van der Waals surface area contributed by atoms with Crippen LogP contribution in [0.15, 0.2) is 12.4 Å². The summed E-state index contributed by atoms with van der Waals surface area (Å²) < 4.78 is 3.16. The normalized spacial score (nSPS) is 18.2. The van der Waals surface area contributed by atoms with Gasteiger partial charge >= 0.3 is 99.8 Å². The number of rotatable bonds is 5. The summed E-state index contributed by atoms with van der Waals surface area (Å²) in [4.78, 5) is 0. The van der Waals surface area contributed by atoms with Crippen LogP contribution in [0.4, 0.5) is 0 Å². The molecule has 1 aliphatic carbocycles. The van der Waals surface area contributed by atoms with E-state index < -0.39 is 0 Å². The summed E-state index contributed by atoms with van der Waals surface area (Å²) in [7, 11) is 1.72. The van der Waals surface area contributed by atoms with Crippen molar-refractivity contribution in [3.63, 3.8) is 0 Å². The Balaban J connectivity index is 2.06. The fraction of sp³-hybridized carbons (Fsp3) is 0.778. The number of hydrogen-bond donors (Lipinski definition) is 2. The van der Waals surface area contributed by atoms with Gasteiger partial charge in [-0.05, 0) is 0 Å². The molecular weight excluding hydrogens is 375 g/mol. The monoisotopic (exact) mass is 393 g/mol. The topological polar surface area (TPSA) is 24.1 Å². The molecule has 2 nitrogen and oxygen atoms in total. The van der Waals surface area contributed by atoms with E-state index in [-0.39, 0.29) is 0 Å². The van der Waals surface area contributed by atoms with Gasteiger partial charge in [0.25, 0.3) is 0 Å². The number of hydrogen-bond acceptors (Lipinski definition) is 3. The molecule has 2 N–H and O–H groups in total. The molecule has 73 valence electrons. The summed E-state index contributed by atoms with van der Waals surface area (Å²) in [5, 5.41) is 3.35. The average molecular weight is 393 g/mol. The van der Waals surface area contributed by atoms with Crippen molar-refractivity contribution in [1.29, 1.82) is 0 Å². The van der Waals surface area contributed by atoms with Gasteiger partial charge in [0.1, 0.15) is 0 Å². The van der Waals surface area contributed by atoms with Crippen LogP contribution in [0.2, 0.25) is 0 Å². The third-order valence-corrected chi connectivity index (χ3v) is 4.04. The molecule has 0 aliphatic heterocycles. The zero-order valence-corrected chi connectivity index (χ0v) is 12.6. The Morgan fingerprint density at radius 2 is 2.08 bits per heavy atom. The molecule has 0 atom stereocenters. The van der Waals surface area contributed by atoms with Gasteiger partial charge in [0.05, 0.1) is 0 Å². The molecule has 1 fully saturated rings. The van der Waals surface area contributed by atoms with E-state index in [1.807, 2.05) is 0 Å². The van der Waals surface area contributed by atoms with Gasteiger partial charge in [-0.15, -0.1) is 0 Å². The number of nitrogens with one attached hydrogen (secondary N) is 2. The van der Waals surface area contributed by atoms with Crippen LogP contribution in [-0.4, -0.2) is 30.8 Å².